The summed E-state index contributed by atoms with van der Waals surface area (Å²) in [5.41, 5.74) is -1.74. The number of hydrogen-bond acceptors (Lipinski definition) is 4. The van der Waals surface area contributed by atoms with Crippen molar-refractivity contribution in [3.8, 4) is 16.9 Å². The van der Waals surface area contributed by atoms with E-state index >= 15 is 0 Å². The van der Waals surface area contributed by atoms with Gasteiger partial charge in [0, 0.05) is 18.1 Å². The lowest BCUT2D eigenvalue weighted by molar-refractivity contribution is -0.138. The van der Waals surface area contributed by atoms with Gasteiger partial charge in [-0.3, -0.25) is 9.10 Å². The van der Waals surface area contributed by atoms with Crippen molar-refractivity contribution in [1.82, 2.24) is 0 Å². The first-order valence-electron chi connectivity index (χ1n) is 10.6. The van der Waals surface area contributed by atoms with E-state index in [1.165, 1.54) is 12.1 Å². The maximum atomic E-state index is 14.2. The zero-order chi connectivity index (χ0) is 27.5. The normalized spacial score (nSPS) is 13.2. The summed E-state index contributed by atoms with van der Waals surface area (Å²) in [6.07, 6.45) is -4.53. The summed E-state index contributed by atoms with van der Waals surface area (Å²) in [4.78, 5) is 8.76. The van der Waals surface area contributed by atoms with Crippen molar-refractivity contribution in [1.29, 1.82) is 0 Å². The van der Waals surface area contributed by atoms with Crippen LogP contribution >= 0.6 is 0 Å². The van der Waals surface area contributed by atoms with Gasteiger partial charge in [-0.15, -0.1) is 0 Å². The highest BCUT2D eigenvalue weighted by Gasteiger charge is 2.35. The molecule has 1 N–H and O–H groups in total. The van der Waals surface area contributed by atoms with Gasteiger partial charge in [0.2, 0.25) is 0 Å². The largest absolute Gasteiger partial charge is 0.489 e. The summed E-state index contributed by atoms with van der Waals surface area (Å²) in [6, 6.07) is 8.08. The molecule has 0 saturated heterocycles. The Morgan fingerprint density at radius 1 is 1.05 bits per heavy atom. The molecule has 13 heteroatoms. The number of aliphatic carboxylic acids is 1. The predicted molar refractivity (Wildman–Crippen MR) is 121 cm³/mol. The Morgan fingerprint density at radius 3 is 2.35 bits per heavy atom. The van der Waals surface area contributed by atoms with Gasteiger partial charge in [0.1, 0.15) is 18.2 Å². The van der Waals surface area contributed by atoms with Gasteiger partial charge in [-0.05, 0) is 42.0 Å². The number of carboxylic acids is 1. The minimum atomic E-state index is -4.75. The van der Waals surface area contributed by atoms with Crippen LogP contribution < -0.4 is 9.04 Å². The molecule has 0 saturated carbocycles. The molecule has 3 aromatic carbocycles. The van der Waals surface area contributed by atoms with Crippen molar-refractivity contribution in [2.45, 2.75) is 24.4 Å². The summed E-state index contributed by atoms with van der Waals surface area (Å²) >= 11 is 0. The molecule has 198 valence electrons. The molecule has 0 atom stereocenters. The number of hydrogen-bond donors (Lipinski definition) is 1. The quantitative estimate of drug-likeness (QED) is 0.327. The fraction of sp³-hybridized carbons (Fsp3) is 0.208. The Labute approximate surface area is 207 Å². The van der Waals surface area contributed by atoms with Gasteiger partial charge >= 0.3 is 12.1 Å². The molecular formula is C24H19F6NO5S. The smallest absolute Gasteiger partial charge is 0.416 e. The third-order valence-corrected chi connectivity index (χ3v) is 6.94. The molecule has 1 aliphatic heterocycles. The molecule has 0 aliphatic carbocycles. The average molecular weight is 547 g/mol. The van der Waals surface area contributed by atoms with Crippen LogP contribution in [0.1, 0.15) is 18.9 Å². The zero-order valence-corrected chi connectivity index (χ0v) is 19.8. The maximum absolute atomic E-state index is 14.2. The first-order chi connectivity index (χ1) is 17.3. The number of anilines is 1. The second-order valence-electron chi connectivity index (χ2n) is 7.63. The fourth-order valence-electron chi connectivity index (χ4n) is 3.34. The number of ether oxygens (including phenoxy) is 1. The van der Waals surface area contributed by atoms with E-state index in [0.29, 0.717) is 12.1 Å². The van der Waals surface area contributed by atoms with Crippen LogP contribution in [-0.4, -0.2) is 32.6 Å². The lowest BCUT2D eigenvalue weighted by Gasteiger charge is -2.31. The number of nitrogens with zero attached hydrogens (tertiary/aromatic N) is 1. The zero-order valence-electron chi connectivity index (χ0n) is 19.0. The highest BCUT2D eigenvalue weighted by molar-refractivity contribution is 7.92. The minimum Gasteiger partial charge on any atom is -0.489 e. The van der Waals surface area contributed by atoms with Crippen LogP contribution in [0.15, 0.2) is 59.5 Å². The molecule has 0 spiro atoms. The number of carbonyl (C=O) groups is 1. The van der Waals surface area contributed by atoms with Crippen LogP contribution in [0.3, 0.4) is 0 Å². The second kappa shape index (κ2) is 10.7. The minimum absolute atomic E-state index is 0.0469. The molecular weight excluding hydrogens is 528 g/mol. The lowest BCUT2D eigenvalue weighted by atomic mass is 10.0. The number of halogens is 6. The van der Waals surface area contributed by atoms with Gasteiger partial charge in [0.05, 0.1) is 22.7 Å². The van der Waals surface area contributed by atoms with Crippen molar-refractivity contribution in [3.05, 3.63) is 77.6 Å². The van der Waals surface area contributed by atoms with E-state index in [2.05, 4.69) is 0 Å². The van der Waals surface area contributed by atoms with Gasteiger partial charge in [0.15, 0.2) is 11.6 Å². The predicted octanol–water partition coefficient (Wildman–Crippen LogP) is 5.86. The van der Waals surface area contributed by atoms with Crippen molar-refractivity contribution < 1.29 is 49.4 Å². The average Bonchev–Trinajstić information content (AvgIpc) is 2.85. The summed E-state index contributed by atoms with van der Waals surface area (Å²) in [7, 11) is -4.47. The molecule has 1 aliphatic rings. The molecule has 0 aromatic heterocycles. The summed E-state index contributed by atoms with van der Waals surface area (Å²) in [5.74, 6) is -4.49. The molecule has 0 amide bonds. The molecule has 0 fully saturated rings. The first kappa shape index (κ1) is 27.8. The fourth-order valence-corrected chi connectivity index (χ4v) is 4.83. The SMILES string of the molecule is CCC(=O)O.O=S(=O)(c1cccc(C(F)(F)F)c1)N1CCOc2ccc(-c3cc(F)cc(F)c3F)cc21. The van der Waals surface area contributed by atoms with Crippen LogP contribution in [0.5, 0.6) is 5.75 Å². The summed E-state index contributed by atoms with van der Waals surface area (Å²) in [6.45, 7) is 1.27. The van der Waals surface area contributed by atoms with Crippen LogP contribution in [0, 0.1) is 17.5 Å². The van der Waals surface area contributed by atoms with E-state index in [1.54, 1.807) is 6.92 Å². The molecule has 1 heterocycles. The summed E-state index contributed by atoms with van der Waals surface area (Å²) < 4.78 is 113. The monoisotopic (exact) mass is 547 g/mol. The molecule has 4 rings (SSSR count). The Kier molecular flexibility index (Phi) is 8.06. The molecule has 0 unspecified atom stereocenters. The molecule has 3 aromatic rings. The maximum Gasteiger partial charge on any atom is 0.416 e. The van der Waals surface area contributed by atoms with E-state index in [0.717, 1.165) is 34.6 Å². The molecule has 0 radical (unpaired) electrons. The van der Waals surface area contributed by atoms with Gasteiger partial charge in [-0.25, -0.2) is 21.6 Å². The highest BCUT2D eigenvalue weighted by Crippen LogP contribution is 2.40. The number of fused-ring (bicyclic) bond motifs is 1. The Balaban J connectivity index is 0.000000695. The van der Waals surface area contributed by atoms with Crippen LogP contribution in [0.25, 0.3) is 11.1 Å². The van der Waals surface area contributed by atoms with Crippen molar-refractivity contribution >= 4 is 21.7 Å². The van der Waals surface area contributed by atoms with Gasteiger partial charge < -0.3 is 9.84 Å². The number of sulfonamides is 1. The van der Waals surface area contributed by atoms with Crippen LogP contribution in [0.2, 0.25) is 0 Å². The third kappa shape index (κ3) is 6.16. The third-order valence-electron chi connectivity index (χ3n) is 5.14. The molecule has 37 heavy (non-hydrogen) atoms. The standard InChI is InChI=1S/C21H13F6NO3S.C3H6O2/c22-14-10-16(20(24)17(23)11-14)12-4-5-19-18(8-12)28(6-7-31-19)32(29,30)15-3-1-2-13(9-15)21(25,26)27;1-2-3(4)5/h1-5,8-11H,6-7H2;2H2,1H3,(H,4,5). The Hall–Kier alpha value is -3.74. The highest BCUT2D eigenvalue weighted by atomic mass is 32.2. The number of benzene rings is 3. The second-order valence-corrected chi connectivity index (χ2v) is 9.49. The van der Waals surface area contributed by atoms with Crippen molar-refractivity contribution in [3.63, 3.8) is 0 Å². The lowest BCUT2D eigenvalue weighted by Crippen LogP contribution is -2.38. The number of carboxylic acid groups (broad SMARTS) is 1. The topological polar surface area (TPSA) is 83.9 Å². The number of alkyl halides is 3. The van der Waals surface area contributed by atoms with E-state index in [4.69, 9.17) is 9.84 Å². The Bertz CT molecular complexity index is 1430. The van der Waals surface area contributed by atoms with Gasteiger partial charge in [-0.1, -0.05) is 19.1 Å². The van der Waals surface area contributed by atoms with Crippen molar-refractivity contribution in [2.24, 2.45) is 0 Å². The van der Waals surface area contributed by atoms with Gasteiger partial charge in [-0.2, -0.15) is 13.2 Å². The molecule has 6 nitrogen and oxygen atoms in total. The van der Waals surface area contributed by atoms with Gasteiger partial charge in [0.25, 0.3) is 10.0 Å². The van der Waals surface area contributed by atoms with E-state index in [1.807, 2.05) is 0 Å². The summed E-state index contributed by atoms with van der Waals surface area (Å²) in [5, 5.41) is 7.72. The first-order valence-corrected chi connectivity index (χ1v) is 12.0. The van der Waals surface area contributed by atoms with E-state index in [9.17, 15) is 39.6 Å². The van der Waals surface area contributed by atoms with Crippen LogP contribution in [0.4, 0.5) is 32.0 Å². The van der Waals surface area contributed by atoms with E-state index in [-0.39, 0.29) is 36.6 Å². The van der Waals surface area contributed by atoms with Crippen LogP contribution in [-0.2, 0) is 21.0 Å². The van der Waals surface area contributed by atoms with E-state index < -0.39 is 55.6 Å². The number of rotatable bonds is 4. The Morgan fingerprint density at radius 2 is 1.73 bits per heavy atom. The molecule has 0 bridgehead atoms. The van der Waals surface area contributed by atoms with Crippen molar-refractivity contribution in [2.75, 3.05) is 17.5 Å².